The summed E-state index contributed by atoms with van der Waals surface area (Å²) in [6.45, 7) is 3.84. The lowest BCUT2D eigenvalue weighted by Crippen LogP contribution is -2.16. The number of para-hydroxylation sites is 1. The second kappa shape index (κ2) is 7.41. The molecular formula is C23H18ClN3O. The van der Waals surface area contributed by atoms with E-state index in [0.29, 0.717) is 16.4 Å². The molecule has 1 amide bonds. The molecule has 0 atom stereocenters. The lowest BCUT2D eigenvalue weighted by Gasteiger charge is -2.15. The average molecular weight is 388 g/mol. The van der Waals surface area contributed by atoms with Gasteiger partial charge in [-0.3, -0.25) is 4.79 Å². The Kier molecular flexibility index (Phi) is 4.80. The van der Waals surface area contributed by atoms with Gasteiger partial charge in [0.05, 0.1) is 16.8 Å². The van der Waals surface area contributed by atoms with Crippen LogP contribution in [0.3, 0.4) is 0 Å². The van der Waals surface area contributed by atoms with Crippen molar-refractivity contribution in [3.8, 4) is 11.3 Å². The lowest BCUT2D eigenvalue weighted by molar-refractivity contribution is 0.102. The van der Waals surface area contributed by atoms with Crippen LogP contribution in [0.25, 0.3) is 22.2 Å². The molecule has 0 saturated carbocycles. The third kappa shape index (κ3) is 3.35. The summed E-state index contributed by atoms with van der Waals surface area (Å²) in [5.74, 6) is 0.356. The van der Waals surface area contributed by atoms with E-state index in [2.05, 4.69) is 10.3 Å². The zero-order valence-electron chi connectivity index (χ0n) is 15.5. The van der Waals surface area contributed by atoms with Gasteiger partial charge in [-0.05, 0) is 49.2 Å². The minimum absolute atomic E-state index is 0.201. The highest BCUT2D eigenvalue weighted by Gasteiger charge is 2.19. The zero-order chi connectivity index (χ0) is 19.7. The monoisotopic (exact) mass is 387 g/mol. The first-order valence-electron chi connectivity index (χ1n) is 8.93. The summed E-state index contributed by atoms with van der Waals surface area (Å²) >= 11 is 6.03. The second-order valence-corrected chi connectivity index (χ2v) is 7.04. The molecule has 0 aliphatic rings. The number of nitrogens with one attached hydrogen (secondary N) is 1. The Morgan fingerprint density at radius 1 is 0.964 bits per heavy atom. The van der Waals surface area contributed by atoms with E-state index in [1.807, 2.05) is 74.5 Å². The molecule has 2 aromatic heterocycles. The number of anilines is 1. The molecule has 1 N–H and O–H groups in total. The van der Waals surface area contributed by atoms with Gasteiger partial charge < -0.3 is 5.32 Å². The van der Waals surface area contributed by atoms with E-state index in [0.717, 1.165) is 33.3 Å². The van der Waals surface area contributed by atoms with Crippen LogP contribution in [-0.2, 0) is 0 Å². The fourth-order valence-electron chi connectivity index (χ4n) is 3.28. The number of halogens is 1. The van der Waals surface area contributed by atoms with Gasteiger partial charge in [0.25, 0.3) is 5.91 Å². The number of amides is 1. The van der Waals surface area contributed by atoms with Crippen LogP contribution in [0.1, 0.15) is 21.5 Å². The summed E-state index contributed by atoms with van der Waals surface area (Å²) in [4.78, 5) is 22.3. The highest BCUT2D eigenvalue weighted by molar-refractivity contribution is 6.30. The van der Waals surface area contributed by atoms with Crippen molar-refractivity contribution in [2.24, 2.45) is 0 Å². The zero-order valence-corrected chi connectivity index (χ0v) is 16.3. The van der Waals surface area contributed by atoms with Crippen molar-refractivity contribution in [3.05, 3.63) is 88.6 Å². The third-order valence-corrected chi connectivity index (χ3v) is 4.97. The Morgan fingerprint density at radius 2 is 1.71 bits per heavy atom. The number of hydrogen-bond donors (Lipinski definition) is 1. The van der Waals surface area contributed by atoms with Gasteiger partial charge in [0.2, 0.25) is 0 Å². The Labute approximate surface area is 168 Å². The number of benzene rings is 2. The van der Waals surface area contributed by atoms with Gasteiger partial charge in [0.15, 0.2) is 0 Å². The molecule has 28 heavy (non-hydrogen) atoms. The van der Waals surface area contributed by atoms with Crippen molar-refractivity contribution in [1.29, 1.82) is 0 Å². The van der Waals surface area contributed by atoms with Crippen LogP contribution in [0.5, 0.6) is 0 Å². The number of aromatic nitrogens is 2. The minimum atomic E-state index is -0.201. The molecule has 4 nitrogen and oxygen atoms in total. The van der Waals surface area contributed by atoms with E-state index < -0.39 is 0 Å². The van der Waals surface area contributed by atoms with Crippen molar-refractivity contribution >= 4 is 34.2 Å². The maximum atomic E-state index is 13.2. The maximum absolute atomic E-state index is 13.2. The summed E-state index contributed by atoms with van der Waals surface area (Å²) in [5.41, 5.74) is 4.76. The van der Waals surface area contributed by atoms with Crippen molar-refractivity contribution in [2.75, 3.05) is 5.32 Å². The van der Waals surface area contributed by atoms with E-state index in [9.17, 15) is 4.79 Å². The van der Waals surface area contributed by atoms with E-state index in [4.69, 9.17) is 16.6 Å². The van der Waals surface area contributed by atoms with E-state index in [1.54, 1.807) is 6.20 Å². The van der Waals surface area contributed by atoms with Crippen molar-refractivity contribution in [2.45, 2.75) is 13.8 Å². The molecule has 0 spiro atoms. The number of rotatable bonds is 3. The topological polar surface area (TPSA) is 54.9 Å². The number of fused-ring (bicyclic) bond motifs is 1. The predicted octanol–water partition coefficient (Wildman–Crippen LogP) is 5.82. The number of hydrogen-bond acceptors (Lipinski definition) is 3. The highest BCUT2D eigenvalue weighted by Crippen LogP contribution is 2.31. The maximum Gasteiger partial charge on any atom is 0.257 e. The van der Waals surface area contributed by atoms with Crippen molar-refractivity contribution in [3.63, 3.8) is 0 Å². The van der Waals surface area contributed by atoms with Crippen LogP contribution in [0, 0.1) is 13.8 Å². The summed E-state index contributed by atoms with van der Waals surface area (Å²) in [7, 11) is 0. The van der Waals surface area contributed by atoms with Gasteiger partial charge in [-0.15, -0.1) is 0 Å². The van der Waals surface area contributed by atoms with Crippen LogP contribution in [-0.4, -0.2) is 15.9 Å². The number of nitrogens with zero attached hydrogens (tertiary/aromatic N) is 2. The van der Waals surface area contributed by atoms with Crippen LogP contribution >= 0.6 is 11.6 Å². The van der Waals surface area contributed by atoms with Crippen molar-refractivity contribution in [1.82, 2.24) is 9.97 Å². The number of carbonyl (C=O) groups excluding carboxylic acids is 1. The molecule has 5 heteroatoms. The van der Waals surface area contributed by atoms with Gasteiger partial charge in [-0.1, -0.05) is 48.0 Å². The molecule has 0 aliphatic heterocycles. The van der Waals surface area contributed by atoms with Gasteiger partial charge >= 0.3 is 0 Å². The highest BCUT2D eigenvalue weighted by atomic mass is 35.5. The van der Waals surface area contributed by atoms with Gasteiger partial charge in [0.1, 0.15) is 5.82 Å². The smallest absolute Gasteiger partial charge is 0.257 e. The van der Waals surface area contributed by atoms with Gasteiger partial charge in [-0.2, -0.15) is 0 Å². The van der Waals surface area contributed by atoms with Crippen LogP contribution < -0.4 is 5.32 Å². The first-order valence-corrected chi connectivity index (χ1v) is 9.30. The predicted molar refractivity (Wildman–Crippen MR) is 114 cm³/mol. The Balaban J connectivity index is 1.89. The molecule has 0 unspecified atom stereocenters. The fraction of sp³-hybridized carbons (Fsp3) is 0.0870. The van der Waals surface area contributed by atoms with Crippen LogP contribution in [0.15, 0.2) is 66.9 Å². The van der Waals surface area contributed by atoms with Crippen LogP contribution in [0.4, 0.5) is 5.82 Å². The van der Waals surface area contributed by atoms with Crippen molar-refractivity contribution < 1.29 is 4.79 Å². The summed E-state index contributed by atoms with van der Waals surface area (Å²) in [6, 6.07) is 18.9. The first-order chi connectivity index (χ1) is 13.5. The van der Waals surface area contributed by atoms with Gasteiger partial charge in [-0.25, -0.2) is 9.97 Å². The molecule has 4 aromatic rings. The summed E-state index contributed by atoms with van der Waals surface area (Å²) in [6.07, 6.45) is 1.67. The van der Waals surface area contributed by atoms with Crippen LogP contribution in [0.2, 0.25) is 5.02 Å². The third-order valence-electron chi connectivity index (χ3n) is 4.72. The molecule has 138 valence electrons. The quantitative estimate of drug-likeness (QED) is 0.482. The molecule has 0 fully saturated rings. The Morgan fingerprint density at radius 3 is 2.46 bits per heavy atom. The molecule has 0 bridgehead atoms. The first kappa shape index (κ1) is 18.1. The number of carbonyl (C=O) groups is 1. The van der Waals surface area contributed by atoms with Gasteiger partial charge in [0, 0.05) is 22.2 Å². The molecular weight excluding hydrogens is 370 g/mol. The fourth-order valence-corrected chi connectivity index (χ4v) is 3.40. The van der Waals surface area contributed by atoms with E-state index >= 15 is 0 Å². The second-order valence-electron chi connectivity index (χ2n) is 6.61. The standard InChI is InChI=1S/C23H18ClN3O/c1-14-6-5-13-25-22(14)27-23(28)20-15(2)21(16-9-11-17(24)12-10-16)26-19-8-4-3-7-18(19)20/h3-13H,1-2H3,(H,25,27,28). The molecule has 0 radical (unpaired) electrons. The van der Waals surface area contributed by atoms with E-state index in [1.165, 1.54) is 0 Å². The summed E-state index contributed by atoms with van der Waals surface area (Å²) in [5, 5.41) is 4.42. The molecule has 0 saturated heterocycles. The largest absolute Gasteiger partial charge is 0.306 e. The molecule has 2 heterocycles. The van der Waals surface area contributed by atoms with E-state index in [-0.39, 0.29) is 5.91 Å². The molecule has 0 aliphatic carbocycles. The molecule has 2 aromatic carbocycles. The number of aryl methyl sites for hydroxylation is 1. The number of pyridine rings is 2. The Bertz CT molecular complexity index is 1190. The average Bonchev–Trinajstić information content (AvgIpc) is 2.70. The summed E-state index contributed by atoms with van der Waals surface area (Å²) < 4.78 is 0. The SMILES string of the molecule is Cc1cccnc1NC(=O)c1c(C)c(-c2ccc(Cl)cc2)nc2ccccc12. The Hall–Kier alpha value is -3.24. The normalized spacial score (nSPS) is 10.8. The lowest BCUT2D eigenvalue weighted by atomic mass is 9.97. The molecule has 4 rings (SSSR count). The minimum Gasteiger partial charge on any atom is -0.306 e.